The molecule has 0 unspecified atom stereocenters. The molecule has 0 radical (unpaired) electrons. The summed E-state index contributed by atoms with van der Waals surface area (Å²) in [6.45, 7) is 0. The molecule has 0 aromatic heterocycles. The van der Waals surface area contributed by atoms with Crippen LogP contribution in [0.25, 0.3) is 0 Å². The fraction of sp³-hybridized carbons (Fsp3) is 0.333. The van der Waals surface area contributed by atoms with Crippen molar-refractivity contribution in [3.63, 3.8) is 0 Å². The van der Waals surface area contributed by atoms with E-state index >= 15 is 0 Å². The Hall–Kier alpha value is -1.41. The Morgan fingerprint density at radius 1 is 1.20 bits per heavy atom. The lowest BCUT2D eigenvalue weighted by molar-refractivity contribution is -0.137. The molecule has 1 aromatic rings. The number of ether oxygens (including phenoxy) is 2. The van der Waals surface area contributed by atoms with Crippen LogP contribution in [0.3, 0.4) is 0 Å². The van der Waals surface area contributed by atoms with E-state index in [1.54, 1.807) is 6.07 Å². The standard InChI is InChI=1S/C12H13BrO6S/c1-18-11-4-3-8(5-9(11)13)10(14)6-20(16,17)7-12(15)19-2/h3-5H,6-7H2,1-2H3. The lowest BCUT2D eigenvalue weighted by atomic mass is 10.1. The minimum atomic E-state index is -3.84. The molecule has 0 N–H and O–H groups in total. The van der Waals surface area contributed by atoms with E-state index in [-0.39, 0.29) is 5.56 Å². The third-order valence-corrected chi connectivity index (χ3v) is 4.39. The number of methoxy groups -OCH3 is 2. The first kappa shape index (κ1) is 16.6. The van der Waals surface area contributed by atoms with Crippen LogP contribution in [-0.2, 0) is 19.4 Å². The van der Waals surface area contributed by atoms with Crippen molar-refractivity contribution < 1.29 is 27.5 Å². The molecule has 0 saturated carbocycles. The highest BCUT2D eigenvalue weighted by atomic mass is 79.9. The van der Waals surface area contributed by atoms with E-state index < -0.39 is 33.1 Å². The van der Waals surface area contributed by atoms with Crippen molar-refractivity contribution in [3.8, 4) is 5.75 Å². The molecule has 1 rings (SSSR count). The monoisotopic (exact) mass is 364 g/mol. The van der Waals surface area contributed by atoms with Crippen molar-refractivity contribution in [2.24, 2.45) is 0 Å². The lowest BCUT2D eigenvalue weighted by Crippen LogP contribution is -2.24. The normalized spacial score (nSPS) is 10.9. The van der Waals surface area contributed by atoms with Gasteiger partial charge < -0.3 is 9.47 Å². The minimum Gasteiger partial charge on any atom is -0.496 e. The van der Waals surface area contributed by atoms with Gasteiger partial charge in [-0.3, -0.25) is 9.59 Å². The molecule has 0 fully saturated rings. The molecule has 0 amide bonds. The first-order chi connectivity index (χ1) is 9.29. The summed E-state index contributed by atoms with van der Waals surface area (Å²) in [6, 6.07) is 4.47. The number of hydrogen-bond donors (Lipinski definition) is 0. The van der Waals surface area contributed by atoms with Gasteiger partial charge >= 0.3 is 5.97 Å². The summed E-state index contributed by atoms with van der Waals surface area (Å²) in [5.74, 6) is -2.53. The van der Waals surface area contributed by atoms with Crippen LogP contribution in [0.2, 0.25) is 0 Å². The molecule has 8 heteroatoms. The zero-order valence-electron chi connectivity index (χ0n) is 10.9. The van der Waals surface area contributed by atoms with Crippen molar-refractivity contribution in [2.45, 2.75) is 0 Å². The maximum absolute atomic E-state index is 11.9. The summed E-state index contributed by atoms with van der Waals surface area (Å²) < 4.78 is 33.1. The van der Waals surface area contributed by atoms with E-state index in [1.807, 2.05) is 0 Å². The highest BCUT2D eigenvalue weighted by Gasteiger charge is 2.22. The van der Waals surface area contributed by atoms with E-state index in [9.17, 15) is 18.0 Å². The zero-order valence-corrected chi connectivity index (χ0v) is 13.3. The van der Waals surface area contributed by atoms with E-state index in [0.29, 0.717) is 10.2 Å². The van der Waals surface area contributed by atoms with E-state index in [1.165, 1.54) is 19.2 Å². The number of carbonyl (C=O) groups excluding carboxylic acids is 2. The summed E-state index contributed by atoms with van der Waals surface area (Å²) in [5.41, 5.74) is 0.214. The molecule has 1 aromatic carbocycles. The van der Waals surface area contributed by atoms with Crippen molar-refractivity contribution in [2.75, 3.05) is 25.7 Å². The summed E-state index contributed by atoms with van der Waals surface area (Å²) in [5, 5.41) is 0. The fourth-order valence-corrected chi connectivity index (χ4v) is 3.10. The molecule has 0 aliphatic heterocycles. The largest absolute Gasteiger partial charge is 0.496 e. The van der Waals surface area contributed by atoms with Gasteiger partial charge in [0.05, 0.1) is 18.7 Å². The molecule has 0 aliphatic rings. The molecule has 0 spiro atoms. The van der Waals surface area contributed by atoms with Crippen LogP contribution in [-0.4, -0.2) is 45.9 Å². The Bertz CT molecular complexity index is 623. The average molecular weight is 365 g/mol. The van der Waals surface area contributed by atoms with Crippen LogP contribution in [0.15, 0.2) is 22.7 Å². The number of carbonyl (C=O) groups is 2. The molecule has 0 aliphatic carbocycles. The van der Waals surface area contributed by atoms with Crippen LogP contribution in [0.4, 0.5) is 0 Å². The van der Waals surface area contributed by atoms with E-state index in [0.717, 1.165) is 7.11 Å². The number of hydrogen-bond acceptors (Lipinski definition) is 6. The third kappa shape index (κ3) is 4.61. The SMILES string of the molecule is COC(=O)CS(=O)(=O)CC(=O)c1ccc(OC)c(Br)c1. The number of halogens is 1. The van der Waals surface area contributed by atoms with Gasteiger partial charge in [0, 0.05) is 5.56 Å². The third-order valence-electron chi connectivity index (χ3n) is 2.39. The van der Waals surface area contributed by atoms with Crippen LogP contribution in [0.5, 0.6) is 5.75 Å². The topological polar surface area (TPSA) is 86.7 Å². The highest BCUT2D eigenvalue weighted by molar-refractivity contribution is 9.10. The summed E-state index contributed by atoms with van der Waals surface area (Å²) in [4.78, 5) is 22.8. The first-order valence-electron chi connectivity index (χ1n) is 5.43. The van der Waals surface area contributed by atoms with Crippen molar-refractivity contribution >= 4 is 37.5 Å². The van der Waals surface area contributed by atoms with Crippen LogP contribution >= 0.6 is 15.9 Å². The minimum absolute atomic E-state index is 0.214. The Kier molecular flexibility index (Phi) is 5.70. The second kappa shape index (κ2) is 6.85. The van der Waals surface area contributed by atoms with Crippen LogP contribution in [0.1, 0.15) is 10.4 Å². The molecule has 110 valence electrons. The molecule has 20 heavy (non-hydrogen) atoms. The summed E-state index contributed by atoms with van der Waals surface area (Å²) >= 11 is 3.21. The smallest absolute Gasteiger partial charge is 0.320 e. The van der Waals surface area contributed by atoms with Gasteiger partial charge in [-0.1, -0.05) is 0 Å². The van der Waals surface area contributed by atoms with Gasteiger partial charge in [-0.25, -0.2) is 8.42 Å². The predicted molar refractivity (Wildman–Crippen MR) is 75.7 cm³/mol. The maximum atomic E-state index is 11.9. The van der Waals surface area contributed by atoms with Gasteiger partial charge in [0.1, 0.15) is 17.3 Å². The number of Topliss-reactive ketones (excluding diaryl/α,β-unsaturated/α-hetero) is 1. The number of rotatable bonds is 6. The molecule has 0 saturated heterocycles. The predicted octanol–water partition coefficient (Wildman–Crippen LogP) is 1.23. The molecule has 0 heterocycles. The van der Waals surface area contributed by atoms with Crippen LogP contribution < -0.4 is 4.74 Å². The van der Waals surface area contributed by atoms with Gasteiger partial charge in [0.15, 0.2) is 15.6 Å². The second-order valence-electron chi connectivity index (χ2n) is 3.88. The van der Waals surface area contributed by atoms with Crippen LogP contribution in [0, 0.1) is 0 Å². The number of esters is 1. The molecular weight excluding hydrogens is 352 g/mol. The molecule has 0 atom stereocenters. The Balaban J connectivity index is 2.86. The lowest BCUT2D eigenvalue weighted by Gasteiger charge is -2.06. The molecule has 0 bridgehead atoms. The Morgan fingerprint density at radius 2 is 1.85 bits per heavy atom. The van der Waals surface area contributed by atoms with Gasteiger partial charge in [-0.2, -0.15) is 0 Å². The Labute approximate surface area is 125 Å². The van der Waals surface area contributed by atoms with E-state index in [2.05, 4.69) is 20.7 Å². The quantitative estimate of drug-likeness (QED) is 0.557. The van der Waals surface area contributed by atoms with Gasteiger partial charge in [-0.15, -0.1) is 0 Å². The number of ketones is 1. The van der Waals surface area contributed by atoms with Gasteiger partial charge in [0.2, 0.25) is 0 Å². The second-order valence-corrected chi connectivity index (χ2v) is 6.80. The molecular formula is C12H13BrO6S. The number of sulfone groups is 1. The van der Waals surface area contributed by atoms with E-state index in [4.69, 9.17) is 4.74 Å². The van der Waals surface area contributed by atoms with Crippen molar-refractivity contribution in [3.05, 3.63) is 28.2 Å². The summed E-state index contributed by atoms with van der Waals surface area (Å²) in [6.07, 6.45) is 0. The average Bonchev–Trinajstić information content (AvgIpc) is 2.37. The first-order valence-corrected chi connectivity index (χ1v) is 8.04. The zero-order chi connectivity index (χ0) is 15.3. The van der Waals surface area contributed by atoms with Gasteiger partial charge in [0.25, 0.3) is 0 Å². The summed E-state index contributed by atoms with van der Waals surface area (Å²) in [7, 11) is -1.28. The highest BCUT2D eigenvalue weighted by Crippen LogP contribution is 2.25. The number of benzene rings is 1. The van der Waals surface area contributed by atoms with Crippen molar-refractivity contribution in [1.82, 2.24) is 0 Å². The fourth-order valence-electron chi connectivity index (χ4n) is 1.41. The molecule has 6 nitrogen and oxygen atoms in total. The van der Waals surface area contributed by atoms with Gasteiger partial charge in [-0.05, 0) is 34.1 Å². The van der Waals surface area contributed by atoms with Crippen molar-refractivity contribution in [1.29, 1.82) is 0 Å². The maximum Gasteiger partial charge on any atom is 0.320 e. The Morgan fingerprint density at radius 3 is 2.35 bits per heavy atom.